The van der Waals surface area contributed by atoms with E-state index in [1.165, 1.54) is 115 Å². The van der Waals surface area contributed by atoms with E-state index in [2.05, 4.69) is 30.0 Å². The lowest BCUT2D eigenvalue weighted by Crippen LogP contribution is -2.17. The third-order valence-electron chi connectivity index (χ3n) is 6.16. The molecule has 1 unspecified atom stereocenters. The van der Waals surface area contributed by atoms with Crippen LogP contribution < -0.4 is 0 Å². The Labute approximate surface area is 151 Å². The summed E-state index contributed by atoms with van der Waals surface area (Å²) in [7, 11) is 2.83. The lowest BCUT2D eigenvalue weighted by molar-refractivity contribution is 0.220. The maximum absolute atomic E-state index is 2.83. The highest BCUT2D eigenvalue weighted by Gasteiger charge is 2.22. The fraction of sp³-hybridized carbons (Fsp3) is 1.00. The van der Waals surface area contributed by atoms with E-state index in [0.29, 0.717) is 5.41 Å². The molecule has 23 heavy (non-hydrogen) atoms. The van der Waals surface area contributed by atoms with Gasteiger partial charge in [0.15, 0.2) is 0 Å². The lowest BCUT2D eigenvalue weighted by atomic mass is 9.75. The summed E-state index contributed by atoms with van der Waals surface area (Å²) in [6.45, 7) is 7.15. The van der Waals surface area contributed by atoms with Crippen LogP contribution in [0.1, 0.15) is 130 Å². The predicted molar refractivity (Wildman–Crippen MR) is 113 cm³/mol. The summed E-state index contributed by atoms with van der Waals surface area (Å²) in [6.07, 6.45) is 25.9. The molecule has 0 aromatic carbocycles. The smallest absolute Gasteiger partial charge is 0.0305 e. The standard InChI is InChI=1S/C22H47P/c1-4-22(5-2,6-3)20-18-16-14-12-10-8-7-9-11-13-15-17-19-21-23/h4-21,23H2,1-3H3. The first-order valence-electron chi connectivity index (χ1n) is 10.9. The van der Waals surface area contributed by atoms with Crippen molar-refractivity contribution >= 4 is 9.24 Å². The van der Waals surface area contributed by atoms with Gasteiger partial charge in [0.05, 0.1) is 0 Å². The topological polar surface area (TPSA) is 0 Å². The first kappa shape index (κ1) is 23.4. The van der Waals surface area contributed by atoms with E-state index in [-0.39, 0.29) is 0 Å². The molecule has 0 aliphatic rings. The Morgan fingerprint density at radius 1 is 0.478 bits per heavy atom. The van der Waals surface area contributed by atoms with Crippen molar-refractivity contribution in [3.63, 3.8) is 0 Å². The molecule has 0 bridgehead atoms. The second kappa shape index (κ2) is 17.3. The Balaban J connectivity index is 3.25. The Morgan fingerprint density at radius 3 is 1.09 bits per heavy atom. The van der Waals surface area contributed by atoms with E-state index in [1.54, 1.807) is 0 Å². The molecule has 0 saturated carbocycles. The van der Waals surface area contributed by atoms with Gasteiger partial charge in [0.25, 0.3) is 0 Å². The molecule has 0 N–H and O–H groups in total. The molecule has 0 spiro atoms. The largest absolute Gasteiger partial charge is 0.138 e. The van der Waals surface area contributed by atoms with Crippen molar-refractivity contribution in [2.75, 3.05) is 6.16 Å². The minimum atomic E-state index is 0.663. The van der Waals surface area contributed by atoms with E-state index < -0.39 is 0 Å². The van der Waals surface area contributed by atoms with Crippen LogP contribution in [0.3, 0.4) is 0 Å². The third kappa shape index (κ3) is 13.4. The molecule has 0 aromatic rings. The van der Waals surface area contributed by atoms with Crippen LogP contribution in [0.25, 0.3) is 0 Å². The first-order chi connectivity index (χ1) is 11.2. The normalized spacial score (nSPS) is 12.0. The van der Waals surface area contributed by atoms with Crippen molar-refractivity contribution < 1.29 is 0 Å². The molecule has 0 radical (unpaired) electrons. The van der Waals surface area contributed by atoms with Gasteiger partial charge < -0.3 is 0 Å². The molecule has 1 heteroatoms. The SMILES string of the molecule is CCC(CC)(CC)CCCCCCCCCCCCCCCP. The van der Waals surface area contributed by atoms with Crippen molar-refractivity contribution in [3.05, 3.63) is 0 Å². The van der Waals surface area contributed by atoms with Crippen molar-refractivity contribution in [2.45, 2.75) is 130 Å². The van der Waals surface area contributed by atoms with Gasteiger partial charge in [-0.25, -0.2) is 0 Å². The summed E-state index contributed by atoms with van der Waals surface area (Å²) in [6, 6.07) is 0. The van der Waals surface area contributed by atoms with E-state index in [0.717, 1.165) is 0 Å². The Morgan fingerprint density at radius 2 is 0.783 bits per heavy atom. The average Bonchev–Trinajstić information content (AvgIpc) is 2.59. The van der Waals surface area contributed by atoms with Crippen molar-refractivity contribution in [1.82, 2.24) is 0 Å². The highest BCUT2D eigenvalue weighted by atomic mass is 31.0. The van der Waals surface area contributed by atoms with Crippen LogP contribution in [0.4, 0.5) is 0 Å². The molecule has 0 fully saturated rings. The first-order valence-corrected chi connectivity index (χ1v) is 11.8. The van der Waals surface area contributed by atoms with Crippen LogP contribution in [-0.4, -0.2) is 6.16 Å². The van der Waals surface area contributed by atoms with Crippen molar-refractivity contribution in [3.8, 4) is 0 Å². The molecule has 0 aromatic heterocycles. The second-order valence-electron chi connectivity index (χ2n) is 7.70. The summed E-state index contributed by atoms with van der Waals surface area (Å²) in [5.41, 5.74) is 0.663. The van der Waals surface area contributed by atoms with Gasteiger partial charge in [-0.1, -0.05) is 117 Å². The molecular formula is C22H47P. The fourth-order valence-corrected chi connectivity index (χ4v) is 4.16. The highest BCUT2D eigenvalue weighted by molar-refractivity contribution is 7.16. The van der Waals surface area contributed by atoms with E-state index >= 15 is 0 Å². The van der Waals surface area contributed by atoms with Gasteiger partial charge in [0.2, 0.25) is 0 Å². The fourth-order valence-electron chi connectivity index (χ4n) is 3.87. The molecule has 0 aliphatic heterocycles. The Kier molecular flexibility index (Phi) is 17.6. The monoisotopic (exact) mass is 342 g/mol. The van der Waals surface area contributed by atoms with Crippen molar-refractivity contribution in [2.24, 2.45) is 5.41 Å². The van der Waals surface area contributed by atoms with Crippen LogP contribution in [0.5, 0.6) is 0 Å². The summed E-state index contributed by atoms with van der Waals surface area (Å²) < 4.78 is 0. The van der Waals surface area contributed by atoms with Gasteiger partial charge in [0, 0.05) is 0 Å². The van der Waals surface area contributed by atoms with E-state index in [9.17, 15) is 0 Å². The molecule has 1 atom stereocenters. The molecule has 0 nitrogen and oxygen atoms in total. The van der Waals surface area contributed by atoms with E-state index in [1.807, 2.05) is 0 Å². The van der Waals surface area contributed by atoms with Gasteiger partial charge in [0.1, 0.15) is 0 Å². The maximum Gasteiger partial charge on any atom is -0.0305 e. The Hall–Kier alpha value is 0.430. The van der Waals surface area contributed by atoms with Crippen LogP contribution >= 0.6 is 9.24 Å². The number of unbranched alkanes of at least 4 members (excludes halogenated alkanes) is 12. The van der Waals surface area contributed by atoms with Gasteiger partial charge in [-0.2, -0.15) is 0 Å². The zero-order chi connectivity index (χ0) is 17.2. The van der Waals surface area contributed by atoms with Gasteiger partial charge in [-0.05, 0) is 24.4 Å². The highest BCUT2D eigenvalue weighted by Crippen LogP contribution is 2.36. The molecule has 0 heterocycles. The number of hydrogen-bond acceptors (Lipinski definition) is 0. The Bertz CT molecular complexity index is 212. The zero-order valence-corrected chi connectivity index (χ0v) is 18.0. The van der Waals surface area contributed by atoms with Gasteiger partial charge in [-0.15, -0.1) is 9.24 Å². The van der Waals surface area contributed by atoms with Gasteiger partial charge >= 0.3 is 0 Å². The summed E-state index contributed by atoms with van der Waals surface area (Å²) >= 11 is 0. The number of rotatable bonds is 18. The quantitative estimate of drug-likeness (QED) is 0.173. The third-order valence-corrected chi connectivity index (χ3v) is 6.57. The number of hydrogen-bond donors (Lipinski definition) is 0. The maximum atomic E-state index is 2.83. The summed E-state index contributed by atoms with van der Waals surface area (Å²) in [5.74, 6) is 0. The summed E-state index contributed by atoms with van der Waals surface area (Å²) in [5, 5.41) is 0. The van der Waals surface area contributed by atoms with E-state index in [4.69, 9.17) is 0 Å². The minimum absolute atomic E-state index is 0.663. The van der Waals surface area contributed by atoms with Gasteiger partial charge in [-0.3, -0.25) is 0 Å². The zero-order valence-electron chi connectivity index (χ0n) is 16.8. The lowest BCUT2D eigenvalue weighted by Gasteiger charge is -2.30. The van der Waals surface area contributed by atoms with Crippen LogP contribution in [0.15, 0.2) is 0 Å². The van der Waals surface area contributed by atoms with Crippen molar-refractivity contribution in [1.29, 1.82) is 0 Å². The molecule has 0 rings (SSSR count). The minimum Gasteiger partial charge on any atom is -0.138 e. The predicted octanol–water partition coefficient (Wildman–Crippen LogP) is 8.54. The van der Waals surface area contributed by atoms with Crippen LogP contribution in [0, 0.1) is 5.41 Å². The summed E-state index contributed by atoms with van der Waals surface area (Å²) in [4.78, 5) is 0. The molecule has 0 saturated heterocycles. The molecule has 140 valence electrons. The second-order valence-corrected chi connectivity index (χ2v) is 8.27. The van der Waals surface area contributed by atoms with Crippen LogP contribution in [-0.2, 0) is 0 Å². The molecule has 0 amide bonds. The average molecular weight is 343 g/mol. The van der Waals surface area contributed by atoms with Crippen LogP contribution in [0.2, 0.25) is 0 Å². The molecular weight excluding hydrogens is 295 g/mol. The molecule has 0 aliphatic carbocycles.